The van der Waals surface area contributed by atoms with Crippen molar-refractivity contribution >= 4 is 21.9 Å². The summed E-state index contributed by atoms with van der Waals surface area (Å²) in [5.41, 5.74) is 0.252. The van der Waals surface area contributed by atoms with Gasteiger partial charge in [0.05, 0.1) is 17.1 Å². The quantitative estimate of drug-likeness (QED) is 0.910. The second-order valence-corrected chi connectivity index (χ2v) is 6.28. The van der Waals surface area contributed by atoms with Crippen molar-refractivity contribution in [3.8, 4) is 0 Å². The van der Waals surface area contributed by atoms with Gasteiger partial charge in [-0.25, -0.2) is 9.97 Å². The van der Waals surface area contributed by atoms with Crippen molar-refractivity contribution in [1.82, 2.24) is 9.97 Å². The number of nitrogens with zero attached hydrogens (tertiary/aromatic N) is 3. The topological polar surface area (TPSA) is 49.2 Å². The van der Waals surface area contributed by atoms with E-state index in [-0.39, 0.29) is 18.1 Å². The molecule has 5 heteroatoms. The van der Waals surface area contributed by atoms with Gasteiger partial charge in [0, 0.05) is 18.9 Å². The summed E-state index contributed by atoms with van der Waals surface area (Å²) in [5, 5.41) is 9.44. The average Bonchev–Trinajstić information content (AvgIpc) is 2.29. The molecule has 0 radical (unpaired) electrons. The van der Waals surface area contributed by atoms with E-state index in [2.05, 4.69) is 44.6 Å². The number of hydrogen-bond donors (Lipinski definition) is 1. The first-order chi connectivity index (χ1) is 8.02. The molecular formula is C12H18BrN3O. The van der Waals surface area contributed by atoms with E-state index in [1.165, 1.54) is 0 Å². The number of rotatable bonds is 2. The van der Waals surface area contributed by atoms with Gasteiger partial charge in [-0.3, -0.25) is 0 Å². The van der Waals surface area contributed by atoms with Crippen LogP contribution >= 0.6 is 15.9 Å². The number of anilines is 1. The summed E-state index contributed by atoms with van der Waals surface area (Å²) in [7, 11) is 0. The van der Waals surface area contributed by atoms with Gasteiger partial charge in [0.15, 0.2) is 0 Å². The van der Waals surface area contributed by atoms with Crippen molar-refractivity contribution in [3.63, 3.8) is 0 Å². The highest BCUT2D eigenvalue weighted by Gasteiger charge is 2.33. The van der Waals surface area contributed by atoms with Gasteiger partial charge in [-0.05, 0) is 34.2 Å². The van der Waals surface area contributed by atoms with Crippen molar-refractivity contribution in [2.24, 2.45) is 5.41 Å². The van der Waals surface area contributed by atoms with Gasteiger partial charge in [0.2, 0.25) is 5.95 Å². The van der Waals surface area contributed by atoms with E-state index in [0.717, 1.165) is 23.9 Å². The standard InChI is InChI=1S/C12H18BrN3O/c1-12(2)4-3-10(7-17)16(8-12)11-14-5-9(13)6-15-11/h5-6,10,17H,3-4,7-8H2,1-2H3. The van der Waals surface area contributed by atoms with Crippen molar-refractivity contribution in [2.75, 3.05) is 18.1 Å². The van der Waals surface area contributed by atoms with Crippen LogP contribution in [0, 0.1) is 5.41 Å². The minimum Gasteiger partial charge on any atom is -0.394 e. The van der Waals surface area contributed by atoms with E-state index < -0.39 is 0 Å². The predicted molar refractivity (Wildman–Crippen MR) is 71.0 cm³/mol. The fourth-order valence-electron chi connectivity index (χ4n) is 2.26. The third-order valence-electron chi connectivity index (χ3n) is 3.27. The van der Waals surface area contributed by atoms with Gasteiger partial charge in [0.1, 0.15) is 0 Å². The molecule has 0 aromatic carbocycles. The molecule has 0 amide bonds. The lowest BCUT2D eigenvalue weighted by Gasteiger charge is -2.43. The van der Waals surface area contributed by atoms with E-state index in [0.29, 0.717) is 5.95 Å². The lowest BCUT2D eigenvalue weighted by molar-refractivity contribution is 0.188. The summed E-state index contributed by atoms with van der Waals surface area (Å²) >= 11 is 3.33. The summed E-state index contributed by atoms with van der Waals surface area (Å²) in [6, 6.07) is 0.143. The molecule has 0 saturated carbocycles. The molecular weight excluding hydrogens is 282 g/mol. The first-order valence-electron chi connectivity index (χ1n) is 5.87. The third-order valence-corrected chi connectivity index (χ3v) is 3.68. The highest BCUT2D eigenvalue weighted by molar-refractivity contribution is 9.10. The molecule has 1 aromatic rings. The molecule has 2 rings (SSSR count). The number of aromatic nitrogens is 2. The molecule has 1 atom stereocenters. The molecule has 1 saturated heterocycles. The van der Waals surface area contributed by atoms with Crippen LogP contribution in [0.5, 0.6) is 0 Å². The Bertz CT molecular complexity index is 380. The van der Waals surface area contributed by atoms with E-state index >= 15 is 0 Å². The Morgan fingerprint density at radius 3 is 2.71 bits per heavy atom. The lowest BCUT2D eigenvalue weighted by Crippen LogP contribution is -2.49. The largest absolute Gasteiger partial charge is 0.394 e. The van der Waals surface area contributed by atoms with Gasteiger partial charge >= 0.3 is 0 Å². The molecule has 17 heavy (non-hydrogen) atoms. The van der Waals surface area contributed by atoms with E-state index in [9.17, 15) is 5.11 Å². The number of hydrogen-bond acceptors (Lipinski definition) is 4. The van der Waals surface area contributed by atoms with Crippen LogP contribution in [0.1, 0.15) is 26.7 Å². The maximum absolute atomic E-state index is 9.44. The molecule has 0 bridgehead atoms. The Kier molecular flexibility index (Phi) is 3.68. The molecule has 1 aromatic heterocycles. The number of aliphatic hydroxyl groups excluding tert-OH is 1. The van der Waals surface area contributed by atoms with Gasteiger partial charge in [-0.2, -0.15) is 0 Å². The zero-order chi connectivity index (χ0) is 12.5. The lowest BCUT2D eigenvalue weighted by atomic mass is 9.81. The van der Waals surface area contributed by atoms with Gasteiger partial charge in [-0.15, -0.1) is 0 Å². The van der Waals surface area contributed by atoms with Crippen molar-refractivity contribution in [1.29, 1.82) is 0 Å². The monoisotopic (exact) mass is 299 g/mol. The molecule has 94 valence electrons. The summed E-state index contributed by atoms with van der Waals surface area (Å²) in [5.74, 6) is 0.708. The Labute approximate surface area is 110 Å². The van der Waals surface area contributed by atoms with Crippen molar-refractivity contribution in [2.45, 2.75) is 32.7 Å². The Morgan fingerprint density at radius 2 is 2.12 bits per heavy atom. The normalized spacial score (nSPS) is 23.8. The van der Waals surface area contributed by atoms with E-state index in [1.54, 1.807) is 12.4 Å². The average molecular weight is 300 g/mol. The molecule has 1 aliphatic rings. The number of piperidine rings is 1. The highest BCUT2D eigenvalue weighted by atomic mass is 79.9. The summed E-state index contributed by atoms with van der Waals surface area (Å²) in [4.78, 5) is 10.8. The van der Waals surface area contributed by atoms with Crippen LogP contribution in [-0.4, -0.2) is 34.3 Å². The van der Waals surface area contributed by atoms with Gasteiger partial charge in [-0.1, -0.05) is 13.8 Å². The van der Waals surface area contributed by atoms with Crippen molar-refractivity contribution < 1.29 is 5.11 Å². The SMILES string of the molecule is CC1(C)CCC(CO)N(c2ncc(Br)cn2)C1. The van der Waals surface area contributed by atoms with Crippen molar-refractivity contribution in [3.05, 3.63) is 16.9 Å². The van der Waals surface area contributed by atoms with Crippen LogP contribution in [0.15, 0.2) is 16.9 Å². The molecule has 1 fully saturated rings. The van der Waals surface area contributed by atoms with Gasteiger partial charge in [0.25, 0.3) is 0 Å². The summed E-state index contributed by atoms with van der Waals surface area (Å²) < 4.78 is 0.873. The molecule has 1 N–H and O–H groups in total. The van der Waals surface area contributed by atoms with Crippen LogP contribution in [0.4, 0.5) is 5.95 Å². The second-order valence-electron chi connectivity index (χ2n) is 5.37. The molecule has 0 spiro atoms. The van der Waals surface area contributed by atoms with E-state index in [1.807, 2.05) is 0 Å². The maximum Gasteiger partial charge on any atom is 0.225 e. The smallest absolute Gasteiger partial charge is 0.225 e. The summed E-state index contributed by atoms with van der Waals surface area (Å²) in [6.45, 7) is 5.54. The zero-order valence-electron chi connectivity index (χ0n) is 10.2. The molecule has 1 aliphatic heterocycles. The van der Waals surface area contributed by atoms with Crippen LogP contribution in [0.25, 0.3) is 0 Å². The first kappa shape index (κ1) is 12.8. The molecule has 2 heterocycles. The third kappa shape index (κ3) is 2.96. The highest BCUT2D eigenvalue weighted by Crippen LogP contribution is 2.33. The molecule has 4 nitrogen and oxygen atoms in total. The molecule has 1 unspecified atom stereocenters. The summed E-state index contributed by atoms with van der Waals surface area (Å²) in [6.07, 6.45) is 5.62. The van der Waals surface area contributed by atoms with Crippen LogP contribution < -0.4 is 4.90 Å². The number of aliphatic hydroxyl groups is 1. The van der Waals surface area contributed by atoms with Crippen LogP contribution in [0.2, 0.25) is 0 Å². The predicted octanol–water partition coefficient (Wildman–Crippen LogP) is 2.23. The fraction of sp³-hybridized carbons (Fsp3) is 0.667. The maximum atomic E-state index is 9.44. The van der Waals surface area contributed by atoms with Gasteiger partial charge < -0.3 is 10.0 Å². The first-order valence-corrected chi connectivity index (χ1v) is 6.66. The van der Waals surface area contributed by atoms with Crippen LogP contribution in [-0.2, 0) is 0 Å². The minimum absolute atomic E-state index is 0.143. The zero-order valence-corrected chi connectivity index (χ0v) is 11.8. The second kappa shape index (κ2) is 4.90. The Morgan fingerprint density at radius 1 is 1.47 bits per heavy atom. The fourth-order valence-corrected chi connectivity index (χ4v) is 2.46. The minimum atomic E-state index is 0.143. The Balaban J connectivity index is 2.23. The number of halogens is 1. The molecule has 0 aliphatic carbocycles. The van der Waals surface area contributed by atoms with E-state index in [4.69, 9.17) is 0 Å². The Hall–Kier alpha value is -0.680. The van der Waals surface area contributed by atoms with Crippen LogP contribution in [0.3, 0.4) is 0 Å².